The van der Waals surface area contributed by atoms with Gasteiger partial charge >= 0.3 is 18.1 Å². The molecule has 0 atom stereocenters. The van der Waals surface area contributed by atoms with E-state index < -0.39 is 18.1 Å². The summed E-state index contributed by atoms with van der Waals surface area (Å²) in [6, 6.07) is 5.48. The molecule has 0 aromatic heterocycles. The van der Waals surface area contributed by atoms with Gasteiger partial charge in [0.25, 0.3) is 0 Å². The minimum Gasteiger partial charge on any atom is -0.478 e. The number of hydrogen-bond acceptors (Lipinski definition) is 5. The fourth-order valence-electron chi connectivity index (χ4n) is 1.13. The summed E-state index contributed by atoms with van der Waals surface area (Å²) in [4.78, 5) is 31.1. The van der Waals surface area contributed by atoms with Gasteiger partial charge in [-0.2, -0.15) is 0 Å². The van der Waals surface area contributed by atoms with Gasteiger partial charge in [-0.25, -0.2) is 14.4 Å². The molecule has 0 fully saturated rings. The number of carbonyl (C=O) groups excluding carboxylic acids is 1. The predicted molar refractivity (Wildman–Crippen MR) is 69.0 cm³/mol. The maximum Gasteiger partial charge on any atom is 0.508 e. The molecule has 0 bridgehead atoms. The summed E-state index contributed by atoms with van der Waals surface area (Å²) in [6.45, 7) is 4.21. The lowest BCUT2D eigenvalue weighted by atomic mass is 10.1. The summed E-state index contributed by atoms with van der Waals surface area (Å²) in [7, 11) is 0. The molecule has 1 aromatic carbocycles. The highest BCUT2D eigenvalue weighted by atomic mass is 16.7. The summed E-state index contributed by atoms with van der Waals surface area (Å²) < 4.78 is 8.84. The number of rotatable bonds is 4. The topological polar surface area (TPSA) is 110 Å². The van der Waals surface area contributed by atoms with Crippen molar-refractivity contribution >= 4 is 18.1 Å². The standard InChI is InChI=1S/C8H6O4.C5H10O3/c9-7(10)5-3-1-2-4-6(5)8(11)12;1-3-7-5(6)8-4-2/h1-4H,(H,9,10)(H,11,12);3-4H2,1-2H3. The monoisotopic (exact) mass is 284 g/mol. The Bertz CT molecular complexity index is 427. The summed E-state index contributed by atoms with van der Waals surface area (Å²) in [5.41, 5.74) is -0.380. The van der Waals surface area contributed by atoms with E-state index in [4.69, 9.17) is 10.2 Å². The van der Waals surface area contributed by atoms with Crippen LogP contribution in [0.1, 0.15) is 34.6 Å². The van der Waals surface area contributed by atoms with Crippen molar-refractivity contribution in [3.05, 3.63) is 35.4 Å². The summed E-state index contributed by atoms with van der Waals surface area (Å²) >= 11 is 0. The van der Waals surface area contributed by atoms with Crippen LogP contribution >= 0.6 is 0 Å². The van der Waals surface area contributed by atoms with Crippen molar-refractivity contribution in [1.82, 2.24) is 0 Å². The third-order valence-corrected chi connectivity index (χ3v) is 1.91. The number of ether oxygens (including phenoxy) is 2. The van der Waals surface area contributed by atoms with Crippen LogP contribution in [0, 0.1) is 0 Å². The lowest BCUT2D eigenvalue weighted by Gasteiger charge is -1.98. The van der Waals surface area contributed by atoms with Crippen LogP contribution in [0.25, 0.3) is 0 Å². The van der Waals surface area contributed by atoms with Gasteiger partial charge in [0, 0.05) is 0 Å². The Morgan fingerprint density at radius 1 is 0.900 bits per heavy atom. The SMILES string of the molecule is CCOC(=O)OCC.O=C(O)c1ccccc1C(=O)O. The van der Waals surface area contributed by atoms with E-state index in [0.29, 0.717) is 13.2 Å². The minimum atomic E-state index is -1.23. The molecule has 0 aliphatic rings. The Morgan fingerprint density at radius 3 is 1.50 bits per heavy atom. The summed E-state index contributed by atoms with van der Waals surface area (Å²) in [6.07, 6.45) is -0.588. The summed E-state index contributed by atoms with van der Waals surface area (Å²) in [5, 5.41) is 17.1. The molecule has 0 aliphatic heterocycles. The van der Waals surface area contributed by atoms with E-state index in [0.717, 1.165) is 0 Å². The van der Waals surface area contributed by atoms with Gasteiger partial charge in [-0.05, 0) is 26.0 Å². The third-order valence-electron chi connectivity index (χ3n) is 1.91. The van der Waals surface area contributed by atoms with Crippen LogP contribution in [0.3, 0.4) is 0 Å². The average molecular weight is 284 g/mol. The highest BCUT2D eigenvalue weighted by molar-refractivity contribution is 6.01. The fraction of sp³-hybridized carbons (Fsp3) is 0.308. The molecule has 7 nitrogen and oxygen atoms in total. The molecule has 20 heavy (non-hydrogen) atoms. The molecule has 0 unspecified atom stereocenters. The van der Waals surface area contributed by atoms with E-state index in [1.54, 1.807) is 13.8 Å². The molecule has 0 aliphatic carbocycles. The molecule has 0 amide bonds. The number of aromatic carboxylic acids is 2. The maximum absolute atomic E-state index is 10.5. The third kappa shape index (κ3) is 6.39. The van der Waals surface area contributed by atoms with Crippen LogP contribution in [0.2, 0.25) is 0 Å². The van der Waals surface area contributed by atoms with Crippen LogP contribution in [0.5, 0.6) is 0 Å². The molecule has 0 saturated heterocycles. The Morgan fingerprint density at radius 2 is 1.25 bits per heavy atom. The zero-order valence-electron chi connectivity index (χ0n) is 11.2. The van der Waals surface area contributed by atoms with Crippen LogP contribution in [-0.2, 0) is 9.47 Å². The molecule has 110 valence electrons. The van der Waals surface area contributed by atoms with Crippen molar-refractivity contribution in [1.29, 1.82) is 0 Å². The van der Waals surface area contributed by atoms with Gasteiger partial charge in [-0.1, -0.05) is 12.1 Å². The van der Waals surface area contributed by atoms with Gasteiger partial charge in [0.15, 0.2) is 0 Å². The maximum atomic E-state index is 10.5. The Hall–Kier alpha value is -2.57. The van der Waals surface area contributed by atoms with E-state index in [9.17, 15) is 14.4 Å². The van der Waals surface area contributed by atoms with Gasteiger partial charge in [0.2, 0.25) is 0 Å². The Kier molecular flexibility index (Phi) is 8.17. The van der Waals surface area contributed by atoms with Gasteiger partial charge in [0.1, 0.15) is 0 Å². The van der Waals surface area contributed by atoms with Crippen molar-refractivity contribution in [3.8, 4) is 0 Å². The van der Waals surface area contributed by atoms with Crippen LogP contribution in [0.15, 0.2) is 24.3 Å². The van der Waals surface area contributed by atoms with E-state index in [1.807, 2.05) is 0 Å². The van der Waals surface area contributed by atoms with Crippen molar-refractivity contribution < 1.29 is 34.1 Å². The molecular formula is C13H16O7. The van der Waals surface area contributed by atoms with Crippen molar-refractivity contribution in [2.24, 2.45) is 0 Å². The Labute approximate surface area is 115 Å². The van der Waals surface area contributed by atoms with Gasteiger partial charge in [-0.3, -0.25) is 0 Å². The second-order valence-corrected chi connectivity index (χ2v) is 3.27. The van der Waals surface area contributed by atoms with Crippen molar-refractivity contribution in [2.45, 2.75) is 13.8 Å². The molecule has 2 N–H and O–H groups in total. The lowest BCUT2D eigenvalue weighted by Crippen LogP contribution is -2.06. The highest BCUT2D eigenvalue weighted by Gasteiger charge is 2.13. The molecule has 1 aromatic rings. The lowest BCUT2D eigenvalue weighted by molar-refractivity contribution is 0.0628. The van der Waals surface area contributed by atoms with E-state index in [-0.39, 0.29) is 11.1 Å². The molecular weight excluding hydrogens is 268 g/mol. The zero-order valence-corrected chi connectivity index (χ0v) is 11.2. The summed E-state index contributed by atoms with van der Waals surface area (Å²) in [5.74, 6) is -2.46. The molecule has 1 rings (SSSR count). The molecule has 0 heterocycles. The normalized spacial score (nSPS) is 8.90. The van der Waals surface area contributed by atoms with Gasteiger partial charge < -0.3 is 19.7 Å². The predicted octanol–water partition coefficient (Wildman–Crippen LogP) is 2.26. The van der Waals surface area contributed by atoms with E-state index in [1.165, 1.54) is 24.3 Å². The average Bonchev–Trinajstić information content (AvgIpc) is 2.40. The first-order valence-corrected chi connectivity index (χ1v) is 5.79. The number of benzene rings is 1. The fourth-order valence-corrected chi connectivity index (χ4v) is 1.13. The quantitative estimate of drug-likeness (QED) is 0.816. The molecule has 0 saturated carbocycles. The molecule has 0 spiro atoms. The molecule has 0 radical (unpaired) electrons. The van der Waals surface area contributed by atoms with E-state index >= 15 is 0 Å². The van der Waals surface area contributed by atoms with Gasteiger partial charge in [0.05, 0.1) is 24.3 Å². The van der Waals surface area contributed by atoms with Crippen LogP contribution in [0.4, 0.5) is 4.79 Å². The number of carbonyl (C=O) groups is 3. The van der Waals surface area contributed by atoms with E-state index in [2.05, 4.69) is 9.47 Å². The zero-order chi connectivity index (χ0) is 15.5. The highest BCUT2D eigenvalue weighted by Crippen LogP contribution is 2.07. The van der Waals surface area contributed by atoms with Crippen molar-refractivity contribution in [3.63, 3.8) is 0 Å². The largest absolute Gasteiger partial charge is 0.508 e. The minimum absolute atomic E-state index is 0.190. The first-order valence-electron chi connectivity index (χ1n) is 5.79. The van der Waals surface area contributed by atoms with Crippen molar-refractivity contribution in [2.75, 3.05) is 13.2 Å². The Balaban J connectivity index is 0.000000396. The number of carboxylic acids is 2. The number of hydrogen-bond donors (Lipinski definition) is 2. The second kappa shape index (κ2) is 9.37. The second-order valence-electron chi connectivity index (χ2n) is 3.27. The molecule has 7 heteroatoms. The first-order chi connectivity index (χ1) is 9.43. The van der Waals surface area contributed by atoms with Gasteiger partial charge in [-0.15, -0.1) is 0 Å². The first kappa shape index (κ1) is 17.4. The number of carboxylic acid groups (broad SMARTS) is 2. The smallest absolute Gasteiger partial charge is 0.478 e. The van der Waals surface area contributed by atoms with Crippen LogP contribution < -0.4 is 0 Å². The van der Waals surface area contributed by atoms with Crippen LogP contribution in [-0.4, -0.2) is 41.5 Å².